The van der Waals surface area contributed by atoms with Gasteiger partial charge in [0.1, 0.15) is 5.82 Å². The molecule has 1 aromatic heterocycles. The lowest BCUT2D eigenvalue weighted by Gasteiger charge is -2.10. The van der Waals surface area contributed by atoms with Crippen LogP contribution in [0.1, 0.15) is 19.7 Å². The highest BCUT2D eigenvalue weighted by Gasteiger charge is 2.08. The van der Waals surface area contributed by atoms with Gasteiger partial charge in [-0.25, -0.2) is 4.98 Å². The van der Waals surface area contributed by atoms with Crippen molar-refractivity contribution >= 4 is 11.0 Å². The van der Waals surface area contributed by atoms with Gasteiger partial charge in [0.05, 0.1) is 17.6 Å². The summed E-state index contributed by atoms with van der Waals surface area (Å²) in [6, 6.07) is 8.56. The predicted molar refractivity (Wildman–Crippen MR) is 71.9 cm³/mol. The first-order chi connectivity index (χ1) is 8.26. The van der Waals surface area contributed by atoms with Crippen molar-refractivity contribution in [1.82, 2.24) is 14.9 Å². The number of rotatable bonds is 5. The molecule has 1 heterocycles. The van der Waals surface area contributed by atoms with Crippen LogP contribution in [0.4, 0.5) is 0 Å². The summed E-state index contributed by atoms with van der Waals surface area (Å²) in [5.74, 6) is 1.09. The number of fused-ring (bicyclic) bond motifs is 1. The van der Waals surface area contributed by atoms with Gasteiger partial charge in [0.2, 0.25) is 0 Å². The normalized spacial score (nSPS) is 12.8. The minimum atomic E-state index is 0.306. The highest BCUT2D eigenvalue weighted by atomic mass is 15.1. The van der Waals surface area contributed by atoms with Gasteiger partial charge in [-0.05, 0) is 26.0 Å². The molecule has 0 amide bonds. The van der Waals surface area contributed by atoms with E-state index in [0.717, 1.165) is 24.4 Å². The molecule has 17 heavy (non-hydrogen) atoms. The zero-order chi connectivity index (χ0) is 12.3. The van der Waals surface area contributed by atoms with Gasteiger partial charge in [0, 0.05) is 12.6 Å². The first-order valence-corrected chi connectivity index (χ1v) is 6.06. The van der Waals surface area contributed by atoms with Crippen LogP contribution in [0, 0.1) is 0 Å². The van der Waals surface area contributed by atoms with Gasteiger partial charge in [-0.3, -0.25) is 0 Å². The van der Waals surface area contributed by atoms with Crippen LogP contribution in [0.25, 0.3) is 11.0 Å². The minimum Gasteiger partial charge on any atom is -0.327 e. The van der Waals surface area contributed by atoms with Gasteiger partial charge in [0.25, 0.3) is 0 Å². The Kier molecular flexibility index (Phi) is 3.59. The molecule has 0 saturated heterocycles. The van der Waals surface area contributed by atoms with Crippen LogP contribution in [-0.4, -0.2) is 15.6 Å². The number of nitrogens with one attached hydrogen (secondary N) is 1. The maximum absolute atomic E-state index is 4.66. The van der Waals surface area contributed by atoms with E-state index in [0.29, 0.717) is 6.04 Å². The maximum Gasteiger partial charge on any atom is 0.123 e. The quantitative estimate of drug-likeness (QED) is 0.799. The van der Waals surface area contributed by atoms with E-state index in [4.69, 9.17) is 0 Å². The number of imidazole rings is 1. The fourth-order valence-electron chi connectivity index (χ4n) is 1.95. The van der Waals surface area contributed by atoms with E-state index in [-0.39, 0.29) is 0 Å². The smallest absolute Gasteiger partial charge is 0.123 e. The Morgan fingerprint density at radius 3 is 2.94 bits per heavy atom. The van der Waals surface area contributed by atoms with E-state index < -0.39 is 0 Å². The van der Waals surface area contributed by atoms with Crippen LogP contribution in [0.2, 0.25) is 0 Å². The van der Waals surface area contributed by atoms with Crippen molar-refractivity contribution in [3.8, 4) is 0 Å². The van der Waals surface area contributed by atoms with Crippen LogP contribution < -0.4 is 5.32 Å². The minimum absolute atomic E-state index is 0.306. The summed E-state index contributed by atoms with van der Waals surface area (Å²) in [5, 5.41) is 3.38. The highest BCUT2D eigenvalue weighted by molar-refractivity contribution is 5.75. The predicted octanol–water partition coefficient (Wildman–Crippen LogP) is 2.72. The van der Waals surface area contributed by atoms with E-state index in [2.05, 4.69) is 53.5 Å². The summed E-state index contributed by atoms with van der Waals surface area (Å²) >= 11 is 0. The molecular formula is C14H19N3. The Morgan fingerprint density at radius 2 is 2.24 bits per heavy atom. The van der Waals surface area contributed by atoms with Crippen LogP contribution in [0.5, 0.6) is 0 Å². The molecule has 1 unspecified atom stereocenters. The van der Waals surface area contributed by atoms with E-state index in [1.165, 1.54) is 5.52 Å². The molecule has 90 valence electrons. The zero-order valence-electron chi connectivity index (χ0n) is 10.5. The van der Waals surface area contributed by atoms with Crippen LogP contribution in [0.15, 0.2) is 36.9 Å². The van der Waals surface area contributed by atoms with Crippen molar-refractivity contribution in [2.75, 3.05) is 0 Å². The molecule has 0 aliphatic heterocycles. The molecule has 0 saturated carbocycles. The lowest BCUT2D eigenvalue weighted by Crippen LogP contribution is -2.24. The lowest BCUT2D eigenvalue weighted by atomic mass is 10.3. The summed E-state index contributed by atoms with van der Waals surface area (Å²) < 4.78 is 2.25. The van der Waals surface area contributed by atoms with E-state index in [9.17, 15) is 0 Å². The van der Waals surface area contributed by atoms with Gasteiger partial charge >= 0.3 is 0 Å². The summed E-state index contributed by atoms with van der Waals surface area (Å²) in [6.07, 6.45) is 1.90. The molecule has 2 rings (SSSR count). The fraction of sp³-hybridized carbons (Fsp3) is 0.357. The van der Waals surface area contributed by atoms with Gasteiger partial charge in [-0.1, -0.05) is 18.2 Å². The van der Waals surface area contributed by atoms with Crippen molar-refractivity contribution in [2.24, 2.45) is 0 Å². The van der Waals surface area contributed by atoms with Crippen molar-refractivity contribution < 1.29 is 0 Å². The summed E-state index contributed by atoms with van der Waals surface area (Å²) in [4.78, 5) is 4.66. The maximum atomic E-state index is 4.66. The van der Waals surface area contributed by atoms with Gasteiger partial charge in [0.15, 0.2) is 0 Å². The first-order valence-electron chi connectivity index (χ1n) is 6.06. The van der Waals surface area contributed by atoms with Gasteiger partial charge in [-0.15, -0.1) is 6.58 Å². The molecular weight excluding hydrogens is 210 g/mol. The van der Waals surface area contributed by atoms with Crippen molar-refractivity contribution in [1.29, 1.82) is 0 Å². The third kappa shape index (κ3) is 2.39. The molecule has 1 N–H and O–H groups in total. The second-order valence-corrected chi connectivity index (χ2v) is 4.17. The largest absolute Gasteiger partial charge is 0.327 e. The Morgan fingerprint density at radius 1 is 1.47 bits per heavy atom. The number of aromatic nitrogens is 2. The summed E-state index contributed by atoms with van der Waals surface area (Å²) in [5.41, 5.74) is 2.27. The van der Waals surface area contributed by atoms with Crippen LogP contribution >= 0.6 is 0 Å². The monoisotopic (exact) mass is 229 g/mol. The molecule has 1 aromatic carbocycles. The summed E-state index contributed by atoms with van der Waals surface area (Å²) in [7, 11) is 0. The Balaban J connectivity index is 2.30. The average molecular weight is 229 g/mol. The molecule has 2 aromatic rings. The molecule has 0 spiro atoms. The molecule has 0 aliphatic carbocycles. The van der Waals surface area contributed by atoms with Crippen molar-refractivity contribution in [3.63, 3.8) is 0 Å². The summed E-state index contributed by atoms with van der Waals surface area (Å²) in [6.45, 7) is 9.72. The SMILES string of the molecule is C=CC(C)NCc1nc2ccccc2n1CC. The molecule has 0 bridgehead atoms. The molecule has 0 fully saturated rings. The Hall–Kier alpha value is -1.61. The topological polar surface area (TPSA) is 29.9 Å². The Labute approximate surface area is 102 Å². The van der Waals surface area contributed by atoms with E-state index in [1.807, 2.05) is 12.1 Å². The lowest BCUT2D eigenvalue weighted by molar-refractivity contribution is 0.586. The Bertz CT molecular complexity index is 513. The third-order valence-electron chi connectivity index (χ3n) is 2.99. The van der Waals surface area contributed by atoms with Gasteiger partial charge in [-0.2, -0.15) is 0 Å². The standard InChI is InChI=1S/C14H19N3/c1-4-11(3)15-10-14-16-12-8-6-7-9-13(12)17(14)5-2/h4,6-9,11,15H,1,5,10H2,2-3H3. The average Bonchev–Trinajstić information content (AvgIpc) is 2.73. The second-order valence-electron chi connectivity index (χ2n) is 4.17. The van der Waals surface area contributed by atoms with Crippen LogP contribution in [0.3, 0.4) is 0 Å². The second kappa shape index (κ2) is 5.15. The molecule has 3 nitrogen and oxygen atoms in total. The van der Waals surface area contributed by atoms with E-state index >= 15 is 0 Å². The highest BCUT2D eigenvalue weighted by Crippen LogP contribution is 2.15. The number of hydrogen-bond donors (Lipinski definition) is 1. The fourth-order valence-corrected chi connectivity index (χ4v) is 1.95. The first kappa shape index (κ1) is 11.9. The van der Waals surface area contributed by atoms with Crippen molar-refractivity contribution in [2.45, 2.75) is 33.0 Å². The third-order valence-corrected chi connectivity index (χ3v) is 2.99. The zero-order valence-corrected chi connectivity index (χ0v) is 10.5. The van der Waals surface area contributed by atoms with Crippen LogP contribution in [-0.2, 0) is 13.1 Å². The molecule has 3 heteroatoms. The van der Waals surface area contributed by atoms with E-state index in [1.54, 1.807) is 0 Å². The molecule has 1 atom stereocenters. The number of hydrogen-bond acceptors (Lipinski definition) is 2. The van der Waals surface area contributed by atoms with Gasteiger partial charge < -0.3 is 9.88 Å². The number of nitrogens with zero attached hydrogens (tertiary/aromatic N) is 2. The number of aryl methyl sites for hydroxylation is 1. The molecule has 0 aliphatic rings. The molecule has 0 radical (unpaired) electrons. The number of para-hydroxylation sites is 2. The number of benzene rings is 1. The van der Waals surface area contributed by atoms with Crippen molar-refractivity contribution in [3.05, 3.63) is 42.7 Å².